The van der Waals surface area contributed by atoms with Gasteiger partial charge in [0.2, 0.25) is 0 Å². The summed E-state index contributed by atoms with van der Waals surface area (Å²) < 4.78 is 19.1. The monoisotopic (exact) mass is 312 g/mol. The molecule has 0 fully saturated rings. The molecule has 0 amide bonds. The SMILES string of the molecule is CC1(C)CC(=O)C2=C(CC3=C(c4ccc(F)cc4)OCC3C2)C1. The third kappa shape index (κ3) is 2.52. The molecular formula is C20H21FO2. The Kier molecular flexibility index (Phi) is 3.22. The number of carbonyl (C=O) groups is 1. The fourth-order valence-electron chi connectivity index (χ4n) is 4.23. The smallest absolute Gasteiger partial charge is 0.159 e. The Bertz CT molecular complexity index is 737. The molecule has 1 aromatic rings. The van der Waals surface area contributed by atoms with Crippen molar-refractivity contribution in [2.24, 2.45) is 11.3 Å². The van der Waals surface area contributed by atoms with E-state index >= 15 is 0 Å². The molecule has 1 aliphatic heterocycles. The number of ether oxygens (including phenoxy) is 1. The van der Waals surface area contributed by atoms with E-state index in [9.17, 15) is 9.18 Å². The molecule has 3 aliphatic rings. The summed E-state index contributed by atoms with van der Waals surface area (Å²) in [5, 5.41) is 0. The van der Waals surface area contributed by atoms with Crippen LogP contribution in [0.1, 0.15) is 45.1 Å². The van der Waals surface area contributed by atoms with Crippen LogP contribution >= 0.6 is 0 Å². The number of Topliss-reactive ketones (excluding diaryl/α,β-unsaturated/α-hetero) is 1. The minimum atomic E-state index is -0.234. The van der Waals surface area contributed by atoms with Crippen molar-refractivity contribution in [3.63, 3.8) is 0 Å². The van der Waals surface area contributed by atoms with Crippen LogP contribution in [0.5, 0.6) is 0 Å². The maximum atomic E-state index is 13.2. The van der Waals surface area contributed by atoms with Crippen LogP contribution in [0.3, 0.4) is 0 Å². The lowest BCUT2D eigenvalue weighted by atomic mass is 9.67. The van der Waals surface area contributed by atoms with Gasteiger partial charge >= 0.3 is 0 Å². The van der Waals surface area contributed by atoms with Crippen molar-refractivity contribution < 1.29 is 13.9 Å². The summed E-state index contributed by atoms with van der Waals surface area (Å²) in [5.41, 5.74) is 4.64. The lowest BCUT2D eigenvalue weighted by Crippen LogP contribution is -2.30. The summed E-state index contributed by atoms with van der Waals surface area (Å²) in [6.07, 6.45) is 3.29. The Morgan fingerprint density at radius 3 is 2.65 bits per heavy atom. The second-order valence-corrected chi connectivity index (χ2v) is 7.77. The van der Waals surface area contributed by atoms with E-state index in [1.807, 2.05) is 0 Å². The van der Waals surface area contributed by atoms with Crippen molar-refractivity contribution >= 4 is 11.5 Å². The maximum Gasteiger partial charge on any atom is 0.159 e. The van der Waals surface area contributed by atoms with Gasteiger partial charge in [-0.3, -0.25) is 4.79 Å². The molecule has 1 unspecified atom stereocenters. The summed E-state index contributed by atoms with van der Waals surface area (Å²) in [5.74, 6) is 1.30. The maximum absolute atomic E-state index is 13.2. The van der Waals surface area contributed by atoms with Crippen molar-refractivity contribution in [3.8, 4) is 0 Å². The molecule has 2 aliphatic carbocycles. The van der Waals surface area contributed by atoms with E-state index in [1.54, 1.807) is 12.1 Å². The summed E-state index contributed by atoms with van der Waals surface area (Å²) in [7, 11) is 0. The van der Waals surface area contributed by atoms with Crippen LogP contribution < -0.4 is 0 Å². The van der Waals surface area contributed by atoms with Gasteiger partial charge in [-0.2, -0.15) is 0 Å². The summed E-state index contributed by atoms with van der Waals surface area (Å²) in [4.78, 5) is 12.5. The van der Waals surface area contributed by atoms with Crippen molar-refractivity contribution in [1.29, 1.82) is 0 Å². The number of rotatable bonds is 1. The summed E-state index contributed by atoms with van der Waals surface area (Å²) in [6, 6.07) is 6.50. The van der Waals surface area contributed by atoms with Crippen molar-refractivity contribution in [2.75, 3.05) is 6.61 Å². The Morgan fingerprint density at radius 2 is 1.91 bits per heavy atom. The predicted molar refractivity (Wildman–Crippen MR) is 87.0 cm³/mol. The molecule has 0 bridgehead atoms. The van der Waals surface area contributed by atoms with E-state index in [-0.39, 0.29) is 11.2 Å². The highest BCUT2D eigenvalue weighted by atomic mass is 19.1. The van der Waals surface area contributed by atoms with Gasteiger partial charge in [0, 0.05) is 17.9 Å². The molecule has 0 aromatic heterocycles. The van der Waals surface area contributed by atoms with Gasteiger partial charge in [-0.15, -0.1) is 0 Å². The highest BCUT2D eigenvalue weighted by molar-refractivity contribution is 5.98. The van der Waals surface area contributed by atoms with Crippen molar-refractivity contribution in [3.05, 3.63) is 52.4 Å². The zero-order valence-corrected chi connectivity index (χ0v) is 13.6. The van der Waals surface area contributed by atoms with E-state index in [1.165, 1.54) is 23.3 Å². The molecule has 1 atom stereocenters. The quantitative estimate of drug-likeness (QED) is 0.753. The Morgan fingerprint density at radius 1 is 1.17 bits per heavy atom. The van der Waals surface area contributed by atoms with Gasteiger partial charge in [0.05, 0.1) is 6.61 Å². The molecular weight excluding hydrogens is 291 g/mol. The predicted octanol–water partition coefficient (Wildman–Crippen LogP) is 4.66. The van der Waals surface area contributed by atoms with Crippen LogP contribution in [0.2, 0.25) is 0 Å². The topological polar surface area (TPSA) is 26.3 Å². The van der Waals surface area contributed by atoms with Gasteiger partial charge in [0.1, 0.15) is 11.6 Å². The lowest BCUT2D eigenvalue weighted by molar-refractivity contribution is -0.118. The molecule has 0 spiro atoms. The van der Waals surface area contributed by atoms with Crippen LogP contribution in [0.4, 0.5) is 4.39 Å². The molecule has 3 heteroatoms. The van der Waals surface area contributed by atoms with Crippen molar-refractivity contribution in [2.45, 2.75) is 39.5 Å². The van der Waals surface area contributed by atoms with E-state index in [0.717, 1.165) is 36.2 Å². The minimum absolute atomic E-state index is 0.0544. The highest BCUT2D eigenvalue weighted by Gasteiger charge is 2.40. The molecule has 0 radical (unpaired) electrons. The second-order valence-electron chi connectivity index (χ2n) is 7.77. The fourth-order valence-corrected chi connectivity index (χ4v) is 4.23. The first kappa shape index (κ1) is 14.7. The molecule has 1 aromatic carbocycles. The van der Waals surface area contributed by atoms with E-state index in [4.69, 9.17) is 4.74 Å². The number of allylic oxidation sites excluding steroid dienone is 2. The average molecular weight is 312 g/mol. The zero-order valence-electron chi connectivity index (χ0n) is 13.6. The third-order valence-corrected chi connectivity index (χ3v) is 5.27. The summed E-state index contributed by atoms with van der Waals surface area (Å²) >= 11 is 0. The number of fused-ring (bicyclic) bond motifs is 1. The number of benzene rings is 1. The molecule has 2 nitrogen and oxygen atoms in total. The molecule has 4 rings (SSSR count). The number of carbonyl (C=O) groups excluding carboxylic acids is 1. The van der Waals surface area contributed by atoms with Gasteiger partial charge in [-0.25, -0.2) is 4.39 Å². The number of ketones is 1. The first-order valence-electron chi connectivity index (χ1n) is 8.29. The lowest BCUT2D eigenvalue weighted by Gasteiger charge is -2.36. The number of hydrogen-bond acceptors (Lipinski definition) is 2. The molecule has 120 valence electrons. The van der Waals surface area contributed by atoms with Gasteiger partial charge in [-0.1, -0.05) is 19.4 Å². The van der Waals surface area contributed by atoms with E-state index in [0.29, 0.717) is 24.7 Å². The third-order valence-electron chi connectivity index (χ3n) is 5.27. The minimum Gasteiger partial charge on any atom is -0.492 e. The Balaban J connectivity index is 1.72. The van der Waals surface area contributed by atoms with Crippen molar-refractivity contribution in [1.82, 2.24) is 0 Å². The Hall–Kier alpha value is -1.90. The number of halogens is 1. The molecule has 1 heterocycles. The van der Waals surface area contributed by atoms with Gasteiger partial charge in [0.15, 0.2) is 5.78 Å². The van der Waals surface area contributed by atoms with Crippen LogP contribution in [0, 0.1) is 17.2 Å². The van der Waals surface area contributed by atoms with Crippen LogP contribution in [-0.4, -0.2) is 12.4 Å². The van der Waals surface area contributed by atoms with Gasteiger partial charge in [-0.05, 0) is 60.1 Å². The van der Waals surface area contributed by atoms with Crippen LogP contribution in [-0.2, 0) is 9.53 Å². The largest absolute Gasteiger partial charge is 0.492 e. The first-order valence-corrected chi connectivity index (χ1v) is 8.29. The van der Waals surface area contributed by atoms with E-state index < -0.39 is 0 Å². The van der Waals surface area contributed by atoms with Gasteiger partial charge in [0.25, 0.3) is 0 Å². The summed E-state index contributed by atoms with van der Waals surface area (Å²) in [6.45, 7) is 4.97. The molecule has 23 heavy (non-hydrogen) atoms. The van der Waals surface area contributed by atoms with E-state index in [2.05, 4.69) is 13.8 Å². The normalized spacial score (nSPS) is 26.0. The Labute approximate surface area is 136 Å². The second kappa shape index (κ2) is 5.05. The first-order chi connectivity index (χ1) is 10.9. The standard InChI is InChI=1S/C20H21FO2/c1-20(2)9-13-7-17-14(8-16(13)18(22)10-20)11-23-19(17)12-3-5-15(21)6-4-12/h3-6,14H,7-11H2,1-2H3. The zero-order chi connectivity index (χ0) is 16.2. The average Bonchev–Trinajstić information content (AvgIpc) is 2.88. The fraction of sp³-hybridized carbons (Fsp3) is 0.450. The molecule has 0 saturated heterocycles. The molecule has 0 saturated carbocycles. The van der Waals surface area contributed by atoms with Crippen LogP contribution in [0.25, 0.3) is 5.76 Å². The molecule has 0 N–H and O–H groups in total. The number of hydrogen-bond donors (Lipinski definition) is 0. The highest BCUT2D eigenvalue weighted by Crippen LogP contribution is 2.49. The van der Waals surface area contributed by atoms with Crippen LogP contribution in [0.15, 0.2) is 41.0 Å². The van der Waals surface area contributed by atoms with Gasteiger partial charge < -0.3 is 4.74 Å².